The molecule has 0 aromatic heterocycles. The SMILES string of the molecule is CCOC(=O)C(C#N)=C1Cc2ccccc2N1. The number of rotatable bonds is 2. The first-order chi connectivity index (χ1) is 8.26. The van der Waals surface area contributed by atoms with Crippen LogP contribution in [0, 0.1) is 11.3 Å². The molecule has 0 radical (unpaired) electrons. The lowest BCUT2D eigenvalue weighted by atomic mass is 10.1. The zero-order chi connectivity index (χ0) is 12.3. The first-order valence-electron chi connectivity index (χ1n) is 5.41. The lowest BCUT2D eigenvalue weighted by Crippen LogP contribution is -2.11. The molecule has 86 valence electrons. The number of carbonyl (C=O) groups is 1. The molecule has 0 aliphatic carbocycles. The van der Waals surface area contributed by atoms with Crippen molar-refractivity contribution < 1.29 is 9.53 Å². The van der Waals surface area contributed by atoms with Crippen molar-refractivity contribution in [2.75, 3.05) is 11.9 Å². The van der Waals surface area contributed by atoms with Gasteiger partial charge in [0, 0.05) is 17.8 Å². The van der Waals surface area contributed by atoms with E-state index in [9.17, 15) is 4.79 Å². The minimum Gasteiger partial charge on any atom is -0.462 e. The lowest BCUT2D eigenvalue weighted by molar-refractivity contribution is -0.138. The summed E-state index contributed by atoms with van der Waals surface area (Å²) in [6.45, 7) is 1.98. The van der Waals surface area contributed by atoms with Gasteiger partial charge >= 0.3 is 5.97 Å². The first-order valence-corrected chi connectivity index (χ1v) is 5.41. The Morgan fingerprint density at radius 3 is 2.94 bits per heavy atom. The maximum Gasteiger partial charge on any atom is 0.350 e. The molecule has 0 fully saturated rings. The molecule has 2 rings (SSSR count). The molecule has 0 saturated carbocycles. The highest BCUT2D eigenvalue weighted by molar-refractivity contribution is 5.95. The van der Waals surface area contributed by atoms with E-state index in [1.807, 2.05) is 30.3 Å². The standard InChI is InChI=1S/C13H12N2O2/c1-2-17-13(16)10(8-14)12-7-9-5-3-4-6-11(9)15-12/h3-6,15H,2,7H2,1H3. The van der Waals surface area contributed by atoms with Gasteiger partial charge in [0.25, 0.3) is 0 Å². The number of para-hydroxylation sites is 1. The van der Waals surface area contributed by atoms with Crippen molar-refractivity contribution in [1.82, 2.24) is 0 Å². The van der Waals surface area contributed by atoms with Gasteiger partial charge in [-0.2, -0.15) is 5.26 Å². The predicted molar refractivity (Wildman–Crippen MR) is 63.0 cm³/mol. The third-order valence-electron chi connectivity index (χ3n) is 2.56. The highest BCUT2D eigenvalue weighted by atomic mass is 16.5. The summed E-state index contributed by atoms with van der Waals surface area (Å²) in [7, 11) is 0. The summed E-state index contributed by atoms with van der Waals surface area (Å²) >= 11 is 0. The molecule has 0 atom stereocenters. The van der Waals surface area contributed by atoms with E-state index in [4.69, 9.17) is 10.00 Å². The summed E-state index contributed by atoms with van der Waals surface area (Å²) in [5.74, 6) is -0.565. The molecule has 1 aromatic rings. The van der Waals surface area contributed by atoms with Crippen LogP contribution < -0.4 is 5.32 Å². The van der Waals surface area contributed by atoms with Crippen LogP contribution in [0.2, 0.25) is 0 Å². The van der Waals surface area contributed by atoms with E-state index >= 15 is 0 Å². The van der Waals surface area contributed by atoms with E-state index in [0.29, 0.717) is 12.1 Å². The summed E-state index contributed by atoms with van der Waals surface area (Å²) in [4.78, 5) is 11.6. The van der Waals surface area contributed by atoms with Gasteiger partial charge in [-0.3, -0.25) is 0 Å². The van der Waals surface area contributed by atoms with Crippen molar-refractivity contribution in [3.05, 3.63) is 41.1 Å². The number of hydrogen-bond donors (Lipinski definition) is 1. The molecule has 0 spiro atoms. The number of allylic oxidation sites excluding steroid dienone is 1. The van der Waals surface area contributed by atoms with Gasteiger partial charge in [0.1, 0.15) is 6.07 Å². The van der Waals surface area contributed by atoms with Crippen LogP contribution in [0.25, 0.3) is 0 Å². The maximum atomic E-state index is 11.6. The fraction of sp³-hybridized carbons (Fsp3) is 0.231. The van der Waals surface area contributed by atoms with Gasteiger partial charge in [-0.1, -0.05) is 18.2 Å². The molecule has 4 nitrogen and oxygen atoms in total. The summed E-state index contributed by atoms with van der Waals surface area (Å²) in [5.41, 5.74) is 2.70. The molecule has 0 amide bonds. The summed E-state index contributed by atoms with van der Waals surface area (Å²) < 4.78 is 4.85. The third-order valence-corrected chi connectivity index (χ3v) is 2.56. The van der Waals surface area contributed by atoms with Crippen LogP contribution in [0.15, 0.2) is 35.5 Å². The van der Waals surface area contributed by atoms with Crippen LogP contribution >= 0.6 is 0 Å². The highest BCUT2D eigenvalue weighted by Crippen LogP contribution is 2.29. The topological polar surface area (TPSA) is 62.1 Å². The molecule has 1 heterocycles. The number of fused-ring (bicyclic) bond motifs is 1. The van der Waals surface area contributed by atoms with Crippen molar-refractivity contribution in [3.8, 4) is 6.07 Å². The summed E-state index contributed by atoms with van der Waals surface area (Å²) in [6.07, 6.45) is 0.567. The van der Waals surface area contributed by atoms with Crippen LogP contribution in [-0.2, 0) is 16.0 Å². The molecule has 0 unspecified atom stereocenters. The Labute approximate surface area is 99.5 Å². The van der Waals surface area contributed by atoms with E-state index in [2.05, 4.69) is 5.32 Å². The van der Waals surface area contributed by atoms with Crippen molar-refractivity contribution in [2.24, 2.45) is 0 Å². The average molecular weight is 228 g/mol. The van der Waals surface area contributed by atoms with Gasteiger partial charge in [-0.25, -0.2) is 4.79 Å². The number of hydrogen-bond acceptors (Lipinski definition) is 4. The Balaban J connectivity index is 2.30. The number of ether oxygens (including phenoxy) is 1. The van der Waals surface area contributed by atoms with Gasteiger partial charge in [-0.15, -0.1) is 0 Å². The fourth-order valence-electron chi connectivity index (χ4n) is 1.78. The molecule has 17 heavy (non-hydrogen) atoms. The van der Waals surface area contributed by atoms with Gasteiger partial charge in [0.05, 0.1) is 6.61 Å². The number of nitriles is 1. The number of nitrogens with zero attached hydrogens (tertiary/aromatic N) is 1. The van der Waals surface area contributed by atoms with Crippen LogP contribution in [-0.4, -0.2) is 12.6 Å². The van der Waals surface area contributed by atoms with E-state index in [1.165, 1.54) is 0 Å². The van der Waals surface area contributed by atoms with Gasteiger partial charge in [0.15, 0.2) is 5.57 Å². The Bertz CT molecular complexity index is 499. The zero-order valence-corrected chi connectivity index (χ0v) is 9.49. The van der Waals surface area contributed by atoms with Gasteiger partial charge < -0.3 is 10.1 Å². The van der Waals surface area contributed by atoms with E-state index in [-0.39, 0.29) is 12.2 Å². The number of esters is 1. The van der Waals surface area contributed by atoms with Crippen LogP contribution in [0.3, 0.4) is 0 Å². The normalized spacial score (nSPS) is 15.5. The molecule has 0 saturated heterocycles. The van der Waals surface area contributed by atoms with E-state index in [1.54, 1.807) is 6.92 Å². The highest BCUT2D eigenvalue weighted by Gasteiger charge is 2.22. The smallest absolute Gasteiger partial charge is 0.350 e. The number of benzene rings is 1. The number of nitrogens with one attached hydrogen (secondary N) is 1. The Kier molecular flexibility index (Phi) is 3.10. The largest absolute Gasteiger partial charge is 0.462 e. The van der Waals surface area contributed by atoms with Gasteiger partial charge in [-0.05, 0) is 18.6 Å². The van der Waals surface area contributed by atoms with Crippen molar-refractivity contribution in [3.63, 3.8) is 0 Å². The first kappa shape index (κ1) is 11.2. The molecule has 4 heteroatoms. The Morgan fingerprint density at radius 1 is 1.53 bits per heavy atom. The molecule has 1 aromatic carbocycles. The lowest BCUT2D eigenvalue weighted by Gasteiger charge is -2.04. The molecular weight excluding hydrogens is 216 g/mol. The quantitative estimate of drug-likeness (QED) is 0.477. The minimum absolute atomic E-state index is 0.0584. The zero-order valence-electron chi connectivity index (χ0n) is 9.49. The van der Waals surface area contributed by atoms with Crippen molar-refractivity contribution in [1.29, 1.82) is 5.26 Å². The predicted octanol–water partition coefficient (Wildman–Crippen LogP) is 2.00. The summed E-state index contributed by atoms with van der Waals surface area (Å²) in [5, 5.41) is 12.1. The van der Waals surface area contributed by atoms with E-state index < -0.39 is 5.97 Å². The van der Waals surface area contributed by atoms with Crippen molar-refractivity contribution >= 4 is 11.7 Å². The summed E-state index contributed by atoms with van der Waals surface area (Å²) in [6, 6.07) is 9.63. The third kappa shape index (κ3) is 2.13. The second-order valence-corrected chi connectivity index (χ2v) is 3.64. The monoisotopic (exact) mass is 228 g/mol. The molecule has 1 aliphatic heterocycles. The molecular formula is C13H12N2O2. The van der Waals surface area contributed by atoms with Crippen molar-refractivity contribution in [2.45, 2.75) is 13.3 Å². The number of carbonyl (C=O) groups excluding carboxylic acids is 1. The average Bonchev–Trinajstić information content (AvgIpc) is 2.73. The molecule has 0 bridgehead atoms. The van der Waals surface area contributed by atoms with Crippen LogP contribution in [0.5, 0.6) is 0 Å². The van der Waals surface area contributed by atoms with Crippen LogP contribution in [0.4, 0.5) is 5.69 Å². The second kappa shape index (κ2) is 4.71. The van der Waals surface area contributed by atoms with Crippen LogP contribution in [0.1, 0.15) is 12.5 Å². The Morgan fingerprint density at radius 2 is 2.29 bits per heavy atom. The molecule has 1 N–H and O–H groups in total. The minimum atomic E-state index is -0.565. The number of anilines is 1. The molecule has 1 aliphatic rings. The second-order valence-electron chi connectivity index (χ2n) is 3.64. The maximum absolute atomic E-state index is 11.6. The van der Waals surface area contributed by atoms with Gasteiger partial charge in [0.2, 0.25) is 0 Å². The Hall–Kier alpha value is -2.28. The fourth-order valence-corrected chi connectivity index (χ4v) is 1.78. The van der Waals surface area contributed by atoms with E-state index in [0.717, 1.165) is 11.3 Å².